The van der Waals surface area contributed by atoms with Gasteiger partial charge >= 0.3 is 60.4 Å². The van der Waals surface area contributed by atoms with Gasteiger partial charge in [0.15, 0.2) is 0 Å². The van der Waals surface area contributed by atoms with E-state index in [9.17, 15) is 0 Å². The van der Waals surface area contributed by atoms with Crippen molar-refractivity contribution < 1.29 is 81.3 Å². The third-order valence-corrected chi connectivity index (χ3v) is 2.71. The van der Waals surface area contributed by atoms with E-state index in [1.54, 1.807) is 0 Å². The molecule has 0 heterocycles. The second-order valence-electron chi connectivity index (χ2n) is 2.87. The molecule has 0 fully saturated rings. The molecule has 12 heavy (non-hydrogen) atoms. The normalized spacial score (nSPS) is 8.33. The Morgan fingerprint density at radius 1 is 1.08 bits per heavy atom. The molecule has 0 saturated heterocycles. The molecule has 0 spiro atoms. The zero-order valence-electron chi connectivity index (χ0n) is 8.81. The molecule has 0 aromatic rings. The SMILES string of the molecule is CC(C)[O][Nd].CCCCCC.[Nd]. The van der Waals surface area contributed by atoms with Gasteiger partial charge in [-0.2, -0.15) is 0 Å². The van der Waals surface area contributed by atoms with Gasteiger partial charge in [-0.25, -0.2) is 0 Å². The summed E-state index contributed by atoms with van der Waals surface area (Å²) in [5.74, 6) is 0. The first kappa shape index (κ1) is 20.1. The predicted octanol–water partition coefficient (Wildman–Crippen LogP) is 3.46. The Kier molecular flexibility index (Phi) is 32.3. The number of unbranched alkanes of at least 4 members (excludes halogenated alkanes) is 3. The van der Waals surface area contributed by atoms with Gasteiger partial charge in [0.2, 0.25) is 0 Å². The standard InChI is InChI=1S/C6H14.C3H7O.2Nd/c1-3-5-6-4-2;1-3(2)4;;/h3-6H2,1-2H3;3H,1-2H3;;/q;-1;;+1. The molecule has 1 nitrogen and oxygen atoms in total. The van der Waals surface area contributed by atoms with Crippen molar-refractivity contribution in [1.82, 2.24) is 0 Å². The molecule has 0 aromatic heterocycles. The Hall–Kier alpha value is 2.66. The summed E-state index contributed by atoms with van der Waals surface area (Å²) in [4.78, 5) is 0. The third-order valence-electron chi connectivity index (χ3n) is 1.19. The average molecular weight is 434 g/mol. The number of hydrogen-bond acceptors (Lipinski definition) is 1. The molecule has 0 aliphatic heterocycles. The van der Waals surface area contributed by atoms with E-state index in [-0.39, 0.29) is 40.8 Å². The van der Waals surface area contributed by atoms with Gasteiger partial charge in [0.1, 0.15) is 0 Å². The Morgan fingerprint density at radius 2 is 1.33 bits per heavy atom. The van der Waals surface area contributed by atoms with Crippen molar-refractivity contribution >= 4 is 0 Å². The first-order valence-corrected chi connectivity index (χ1v) is 5.82. The fourth-order valence-corrected chi connectivity index (χ4v) is 0.500. The predicted molar refractivity (Wildman–Crippen MR) is 46.0 cm³/mol. The average Bonchev–Trinajstić information content (AvgIpc) is 2.02. The van der Waals surface area contributed by atoms with Crippen LogP contribution < -0.4 is 0 Å². The van der Waals surface area contributed by atoms with E-state index in [1.807, 2.05) is 13.8 Å². The molecule has 0 aromatic carbocycles. The van der Waals surface area contributed by atoms with Crippen molar-refractivity contribution in [2.45, 2.75) is 59.5 Å². The van der Waals surface area contributed by atoms with Crippen molar-refractivity contribution in [2.24, 2.45) is 0 Å². The largest absolute Gasteiger partial charge is 0.0654 e. The van der Waals surface area contributed by atoms with Crippen LogP contribution in [0.3, 0.4) is 0 Å². The summed E-state index contributed by atoms with van der Waals surface area (Å²) in [5.41, 5.74) is 0. The summed E-state index contributed by atoms with van der Waals surface area (Å²) in [5, 5.41) is 0. The zero-order chi connectivity index (χ0) is 9.11. The second kappa shape index (κ2) is 19.3. The topological polar surface area (TPSA) is 9.23 Å². The van der Waals surface area contributed by atoms with Gasteiger partial charge in [-0.1, -0.05) is 39.5 Å². The molecule has 71 valence electrons. The van der Waals surface area contributed by atoms with Crippen molar-refractivity contribution in [1.29, 1.82) is 0 Å². The fourth-order valence-electron chi connectivity index (χ4n) is 0.500. The molecule has 0 N–H and O–H groups in total. The summed E-state index contributed by atoms with van der Waals surface area (Å²) in [6.07, 6.45) is 5.98. The monoisotopic (exact) mass is 429 g/mol. The van der Waals surface area contributed by atoms with Gasteiger partial charge in [-0.05, 0) is 0 Å². The van der Waals surface area contributed by atoms with Crippen molar-refractivity contribution in [3.63, 3.8) is 0 Å². The van der Waals surface area contributed by atoms with Gasteiger partial charge in [0, 0.05) is 40.8 Å². The molecule has 0 radical (unpaired) electrons. The van der Waals surface area contributed by atoms with Crippen LogP contribution in [-0.4, -0.2) is 6.10 Å². The molecule has 0 saturated carbocycles. The van der Waals surface area contributed by atoms with Gasteiger partial charge in [-0.3, -0.25) is 0 Å². The number of rotatable bonds is 4. The molecule has 0 aliphatic carbocycles. The van der Waals surface area contributed by atoms with E-state index in [2.05, 4.69) is 13.8 Å². The summed E-state index contributed by atoms with van der Waals surface area (Å²) in [7, 11) is 0. The molecule has 0 bridgehead atoms. The molecular formula is C9H21Nd2O. The molecule has 0 aliphatic rings. The summed E-state index contributed by atoms with van der Waals surface area (Å²) >= 11 is 0.873. The van der Waals surface area contributed by atoms with Gasteiger partial charge < -0.3 is 0 Å². The second-order valence-corrected chi connectivity index (χ2v) is 3.63. The summed E-state index contributed by atoms with van der Waals surface area (Å²) in [6.45, 7) is 8.53. The minimum atomic E-state index is 0. The van der Waals surface area contributed by atoms with E-state index >= 15 is 0 Å². The van der Waals surface area contributed by atoms with Crippen molar-refractivity contribution in [2.75, 3.05) is 0 Å². The van der Waals surface area contributed by atoms with Crippen LogP contribution in [0.15, 0.2) is 0 Å². The third kappa shape index (κ3) is 29.3. The van der Waals surface area contributed by atoms with E-state index < -0.39 is 0 Å². The van der Waals surface area contributed by atoms with Crippen LogP contribution in [0.1, 0.15) is 53.4 Å². The van der Waals surface area contributed by atoms with Crippen molar-refractivity contribution in [3.05, 3.63) is 0 Å². The van der Waals surface area contributed by atoms with Gasteiger partial charge in [0.05, 0.1) is 0 Å². The van der Waals surface area contributed by atoms with Crippen LogP contribution in [-0.2, 0) is 1.06 Å². The van der Waals surface area contributed by atoms with Crippen LogP contribution in [0.25, 0.3) is 0 Å². The number of hydrogen-bond donors (Lipinski definition) is 0. The van der Waals surface area contributed by atoms with Gasteiger partial charge in [-0.15, -0.1) is 0 Å². The Morgan fingerprint density at radius 3 is 1.42 bits per heavy atom. The molecule has 3 heteroatoms. The van der Waals surface area contributed by atoms with Crippen LogP contribution >= 0.6 is 0 Å². The van der Waals surface area contributed by atoms with E-state index in [4.69, 9.17) is 1.06 Å². The van der Waals surface area contributed by atoms with E-state index in [0.29, 0.717) is 6.10 Å². The maximum atomic E-state index is 4.89. The first-order valence-electron chi connectivity index (χ1n) is 4.51. The Labute approximate surface area is 138 Å². The molecular weight excluding hydrogens is 413 g/mol. The van der Waals surface area contributed by atoms with Gasteiger partial charge in [0.25, 0.3) is 0 Å². The fraction of sp³-hybridized carbons (Fsp3) is 1.00. The smallest absolute Gasteiger partial charge is 0 e. The zero-order valence-corrected chi connectivity index (χ0v) is 15.2. The van der Waals surface area contributed by atoms with Crippen LogP contribution in [0, 0.1) is 80.2 Å². The van der Waals surface area contributed by atoms with E-state index in [1.165, 1.54) is 25.7 Å². The Bertz CT molecular complexity index is 54.5. The minimum absolute atomic E-state index is 0. The maximum absolute atomic E-state index is 4.89. The molecule has 0 atom stereocenters. The minimum Gasteiger partial charge on any atom is -0.0654 e. The van der Waals surface area contributed by atoms with Crippen LogP contribution in [0.4, 0.5) is 0 Å². The molecule has 0 amide bonds. The van der Waals surface area contributed by atoms with Crippen LogP contribution in [0.2, 0.25) is 0 Å². The molecule has 0 unspecified atom stereocenters. The summed E-state index contributed by atoms with van der Waals surface area (Å²) in [6, 6.07) is 0. The Balaban J connectivity index is -0.000000126. The quantitative estimate of drug-likeness (QED) is 0.617. The van der Waals surface area contributed by atoms with Crippen molar-refractivity contribution in [3.8, 4) is 0 Å². The maximum Gasteiger partial charge on any atom is 0 e. The van der Waals surface area contributed by atoms with E-state index in [0.717, 1.165) is 39.4 Å². The first-order chi connectivity index (χ1) is 5.18. The molecule has 0 rings (SSSR count). The van der Waals surface area contributed by atoms with Crippen LogP contribution in [0.5, 0.6) is 0 Å². The summed E-state index contributed by atoms with van der Waals surface area (Å²) < 4.78 is 4.89.